The highest BCUT2D eigenvalue weighted by Gasteiger charge is 2.12. The standard InChI is InChI=1S/C11H11ClN2O/c1-3-5-8(2)14-11(15)9-6-4-7-13-10(9)12/h1,4,6-8H,5H2,2H3,(H,14,15). The summed E-state index contributed by atoms with van der Waals surface area (Å²) < 4.78 is 0. The van der Waals surface area contributed by atoms with Crippen molar-refractivity contribution in [3.8, 4) is 12.3 Å². The number of nitrogens with zero attached hydrogens (tertiary/aromatic N) is 1. The molecule has 0 saturated carbocycles. The van der Waals surface area contributed by atoms with Gasteiger partial charge in [-0.05, 0) is 19.1 Å². The Labute approximate surface area is 93.9 Å². The van der Waals surface area contributed by atoms with Gasteiger partial charge in [0.05, 0.1) is 5.56 Å². The van der Waals surface area contributed by atoms with Gasteiger partial charge < -0.3 is 5.32 Å². The Bertz CT molecular complexity index is 398. The first kappa shape index (κ1) is 11.5. The van der Waals surface area contributed by atoms with Crippen molar-refractivity contribution in [2.24, 2.45) is 0 Å². The lowest BCUT2D eigenvalue weighted by atomic mass is 10.2. The van der Waals surface area contributed by atoms with E-state index in [1.165, 1.54) is 6.20 Å². The summed E-state index contributed by atoms with van der Waals surface area (Å²) in [5.74, 6) is 2.22. The molecule has 0 radical (unpaired) electrons. The second-order valence-corrected chi connectivity index (χ2v) is 3.48. The van der Waals surface area contributed by atoms with Crippen molar-refractivity contribution >= 4 is 17.5 Å². The smallest absolute Gasteiger partial charge is 0.254 e. The van der Waals surface area contributed by atoms with Crippen molar-refractivity contribution in [1.29, 1.82) is 0 Å². The zero-order valence-electron chi connectivity index (χ0n) is 8.33. The van der Waals surface area contributed by atoms with Crippen molar-refractivity contribution in [1.82, 2.24) is 10.3 Å². The summed E-state index contributed by atoms with van der Waals surface area (Å²) in [6.45, 7) is 1.84. The van der Waals surface area contributed by atoms with Crippen LogP contribution in [-0.4, -0.2) is 16.9 Å². The van der Waals surface area contributed by atoms with Crippen LogP contribution < -0.4 is 5.32 Å². The van der Waals surface area contributed by atoms with E-state index >= 15 is 0 Å². The fraction of sp³-hybridized carbons (Fsp3) is 0.273. The molecule has 1 amide bonds. The van der Waals surface area contributed by atoms with Crippen LogP contribution in [-0.2, 0) is 0 Å². The van der Waals surface area contributed by atoms with Crippen LogP contribution in [0.25, 0.3) is 0 Å². The minimum atomic E-state index is -0.254. The average Bonchev–Trinajstić information content (AvgIpc) is 2.18. The Hall–Kier alpha value is -1.53. The van der Waals surface area contributed by atoms with Crippen LogP contribution in [0.15, 0.2) is 18.3 Å². The molecule has 0 fully saturated rings. The number of hydrogen-bond donors (Lipinski definition) is 1. The van der Waals surface area contributed by atoms with Crippen molar-refractivity contribution in [3.05, 3.63) is 29.0 Å². The monoisotopic (exact) mass is 222 g/mol. The fourth-order valence-corrected chi connectivity index (χ4v) is 1.29. The third-order valence-corrected chi connectivity index (χ3v) is 2.11. The third kappa shape index (κ3) is 3.26. The summed E-state index contributed by atoms with van der Waals surface area (Å²) in [6.07, 6.45) is 7.16. The first-order valence-corrected chi connectivity index (χ1v) is 4.87. The lowest BCUT2D eigenvalue weighted by Crippen LogP contribution is -2.32. The van der Waals surface area contributed by atoms with E-state index < -0.39 is 0 Å². The Morgan fingerprint density at radius 1 is 1.80 bits per heavy atom. The molecular formula is C11H11ClN2O. The first-order valence-electron chi connectivity index (χ1n) is 4.50. The second-order valence-electron chi connectivity index (χ2n) is 3.12. The predicted octanol–water partition coefficient (Wildman–Crippen LogP) is 1.88. The summed E-state index contributed by atoms with van der Waals surface area (Å²) in [4.78, 5) is 15.5. The van der Waals surface area contributed by atoms with Gasteiger partial charge in [0.15, 0.2) is 0 Å². The van der Waals surface area contributed by atoms with E-state index in [1.54, 1.807) is 12.1 Å². The highest BCUT2D eigenvalue weighted by atomic mass is 35.5. The van der Waals surface area contributed by atoms with Crippen LogP contribution in [0, 0.1) is 12.3 Å². The van der Waals surface area contributed by atoms with E-state index in [0.717, 1.165) is 0 Å². The van der Waals surface area contributed by atoms with Gasteiger partial charge in [-0.2, -0.15) is 0 Å². The summed E-state index contributed by atoms with van der Waals surface area (Å²) in [7, 11) is 0. The number of halogens is 1. The van der Waals surface area contributed by atoms with Crippen LogP contribution in [0.3, 0.4) is 0 Å². The molecule has 1 rings (SSSR count). The number of aromatic nitrogens is 1. The molecule has 0 saturated heterocycles. The van der Waals surface area contributed by atoms with Crippen LogP contribution in [0.4, 0.5) is 0 Å². The third-order valence-electron chi connectivity index (χ3n) is 1.81. The molecule has 0 spiro atoms. The van der Waals surface area contributed by atoms with Crippen molar-refractivity contribution in [2.45, 2.75) is 19.4 Å². The van der Waals surface area contributed by atoms with Crippen molar-refractivity contribution < 1.29 is 4.79 Å². The lowest BCUT2D eigenvalue weighted by Gasteiger charge is -2.11. The number of nitrogens with one attached hydrogen (secondary N) is 1. The van der Waals surface area contributed by atoms with Crippen LogP contribution in [0.5, 0.6) is 0 Å². The largest absolute Gasteiger partial charge is 0.349 e. The number of amides is 1. The number of pyridine rings is 1. The number of hydrogen-bond acceptors (Lipinski definition) is 2. The summed E-state index contributed by atoms with van der Waals surface area (Å²) in [6, 6.07) is 3.21. The van der Waals surface area contributed by atoms with E-state index in [4.69, 9.17) is 18.0 Å². The maximum atomic E-state index is 11.6. The molecule has 0 aliphatic heterocycles. The number of terminal acetylenes is 1. The molecular weight excluding hydrogens is 212 g/mol. The molecule has 1 aromatic heterocycles. The quantitative estimate of drug-likeness (QED) is 0.627. The Balaban J connectivity index is 2.70. The number of carbonyl (C=O) groups is 1. The minimum Gasteiger partial charge on any atom is -0.349 e. The topological polar surface area (TPSA) is 42.0 Å². The van der Waals surface area contributed by atoms with Gasteiger partial charge in [0.2, 0.25) is 0 Å². The summed E-state index contributed by atoms with van der Waals surface area (Å²) in [5, 5.41) is 2.93. The Morgan fingerprint density at radius 2 is 2.53 bits per heavy atom. The lowest BCUT2D eigenvalue weighted by molar-refractivity contribution is 0.0940. The summed E-state index contributed by atoms with van der Waals surface area (Å²) >= 11 is 5.77. The molecule has 1 unspecified atom stereocenters. The average molecular weight is 223 g/mol. The van der Waals surface area contributed by atoms with Gasteiger partial charge in [0.25, 0.3) is 5.91 Å². The number of carbonyl (C=O) groups excluding carboxylic acids is 1. The van der Waals surface area contributed by atoms with Gasteiger partial charge in [0.1, 0.15) is 5.15 Å². The van der Waals surface area contributed by atoms with Crippen LogP contribution >= 0.6 is 11.6 Å². The highest BCUT2D eigenvalue weighted by molar-refractivity contribution is 6.32. The van der Waals surface area contributed by atoms with E-state index in [2.05, 4.69) is 16.2 Å². The maximum Gasteiger partial charge on any atom is 0.254 e. The van der Waals surface area contributed by atoms with E-state index in [1.807, 2.05) is 6.92 Å². The first-order chi connectivity index (χ1) is 7.15. The molecule has 1 heterocycles. The molecule has 15 heavy (non-hydrogen) atoms. The number of rotatable bonds is 3. The molecule has 0 aliphatic rings. The molecule has 78 valence electrons. The Morgan fingerprint density at radius 3 is 3.13 bits per heavy atom. The predicted molar refractivity (Wildman–Crippen MR) is 59.6 cm³/mol. The van der Waals surface area contributed by atoms with Crippen LogP contribution in [0.2, 0.25) is 5.15 Å². The van der Waals surface area contributed by atoms with Gasteiger partial charge in [-0.15, -0.1) is 12.3 Å². The molecule has 1 atom stereocenters. The molecule has 0 aliphatic carbocycles. The van der Waals surface area contributed by atoms with Gasteiger partial charge in [0, 0.05) is 18.7 Å². The minimum absolute atomic E-state index is 0.0706. The van der Waals surface area contributed by atoms with E-state index in [0.29, 0.717) is 12.0 Å². The summed E-state index contributed by atoms with van der Waals surface area (Å²) in [5.41, 5.74) is 0.364. The van der Waals surface area contributed by atoms with Crippen LogP contribution in [0.1, 0.15) is 23.7 Å². The molecule has 1 N–H and O–H groups in total. The molecule has 0 bridgehead atoms. The zero-order valence-corrected chi connectivity index (χ0v) is 9.08. The maximum absolute atomic E-state index is 11.6. The van der Waals surface area contributed by atoms with Gasteiger partial charge >= 0.3 is 0 Å². The fourth-order valence-electron chi connectivity index (χ4n) is 1.08. The molecule has 0 aromatic carbocycles. The van der Waals surface area contributed by atoms with Crippen molar-refractivity contribution in [2.75, 3.05) is 0 Å². The zero-order chi connectivity index (χ0) is 11.3. The van der Waals surface area contributed by atoms with Gasteiger partial charge in [-0.25, -0.2) is 4.98 Å². The SMILES string of the molecule is C#CCC(C)NC(=O)c1cccnc1Cl. The van der Waals surface area contributed by atoms with Gasteiger partial charge in [-0.1, -0.05) is 11.6 Å². The normalized spacial score (nSPS) is 11.5. The molecule has 3 nitrogen and oxygen atoms in total. The Kier molecular flexibility index (Phi) is 4.14. The van der Waals surface area contributed by atoms with Gasteiger partial charge in [-0.3, -0.25) is 4.79 Å². The van der Waals surface area contributed by atoms with E-state index in [-0.39, 0.29) is 17.1 Å². The molecule has 4 heteroatoms. The highest BCUT2D eigenvalue weighted by Crippen LogP contribution is 2.11. The second kappa shape index (κ2) is 5.38. The van der Waals surface area contributed by atoms with Crippen molar-refractivity contribution in [3.63, 3.8) is 0 Å². The van der Waals surface area contributed by atoms with E-state index in [9.17, 15) is 4.79 Å². The molecule has 1 aromatic rings.